The molecule has 0 rings (SSSR count). The molecule has 0 fully saturated rings. The number of nitrogens with one attached hydrogen (secondary N) is 2. The maximum absolute atomic E-state index is 11.2. The molecule has 0 aromatic rings. The van der Waals surface area contributed by atoms with Gasteiger partial charge in [-0.2, -0.15) is 0 Å². The lowest BCUT2D eigenvalue weighted by Crippen LogP contribution is -2.25. The molecule has 2 N–H and O–H groups in total. The van der Waals surface area contributed by atoms with Gasteiger partial charge in [0.15, 0.2) is 0 Å². The normalized spacial score (nSPS) is 9.73. The van der Waals surface area contributed by atoms with Gasteiger partial charge in [0.1, 0.15) is 0 Å². The Kier molecular flexibility index (Phi) is 8.82. The molecule has 0 aliphatic carbocycles. The standard InChI is InChI=1S/C11H22N2O2/c1-3-4-5-7-11(15)13-9-6-8-10(14)12-2/h3-9H2,1-2H3,(H,12,14)(H,13,15). The van der Waals surface area contributed by atoms with E-state index >= 15 is 0 Å². The minimum absolute atomic E-state index is 0.0234. The zero-order valence-corrected chi connectivity index (χ0v) is 9.77. The summed E-state index contributed by atoms with van der Waals surface area (Å²) in [5.74, 6) is 0.121. The molecule has 4 heteroatoms. The van der Waals surface area contributed by atoms with Crippen molar-refractivity contribution in [1.82, 2.24) is 10.6 Å². The Morgan fingerprint density at radius 3 is 2.27 bits per heavy atom. The van der Waals surface area contributed by atoms with Gasteiger partial charge in [0.25, 0.3) is 0 Å². The van der Waals surface area contributed by atoms with Crippen LogP contribution in [0.15, 0.2) is 0 Å². The van der Waals surface area contributed by atoms with Crippen molar-refractivity contribution in [3.05, 3.63) is 0 Å². The molecule has 0 radical (unpaired) electrons. The Morgan fingerprint density at radius 2 is 1.67 bits per heavy atom. The van der Waals surface area contributed by atoms with Crippen LogP contribution in [0.5, 0.6) is 0 Å². The van der Waals surface area contributed by atoms with Crippen LogP contribution in [0.1, 0.15) is 45.4 Å². The predicted molar refractivity (Wildman–Crippen MR) is 60.5 cm³/mol. The van der Waals surface area contributed by atoms with E-state index in [1.807, 2.05) is 0 Å². The lowest BCUT2D eigenvalue weighted by molar-refractivity contribution is -0.122. The maximum atomic E-state index is 11.2. The van der Waals surface area contributed by atoms with Crippen LogP contribution in [-0.2, 0) is 9.59 Å². The molecular formula is C11H22N2O2. The molecule has 2 amide bonds. The molecule has 15 heavy (non-hydrogen) atoms. The summed E-state index contributed by atoms with van der Waals surface area (Å²) in [5.41, 5.74) is 0. The van der Waals surface area contributed by atoms with Gasteiger partial charge in [0, 0.05) is 26.4 Å². The summed E-state index contributed by atoms with van der Waals surface area (Å²) in [5, 5.41) is 5.35. The van der Waals surface area contributed by atoms with E-state index < -0.39 is 0 Å². The Hall–Kier alpha value is -1.06. The summed E-state index contributed by atoms with van der Waals surface area (Å²) in [4.78, 5) is 22.1. The fourth-order valence-electron chi connectivity index (χ4n) is 1.23. The molecule has 0 atom stereocenters. The second-order valence-corrected chi connectivity index (χ2v) is 3.58. The third kappa shape index (κ3) is 9.25. The quantitative estimate of drug-likeness (QED) is 0.597. The Morgan fingerprint density at radius 1 is 1.00 bits per heavy atom. The number of amides is 2. The van der Waals surface area contributed by atoms with Crippen LogP contribution < -0.4 is 10.6 Å². The first-order chi connectivity index (χ1) is 7.20. The fourth-order valence-corrected chi connectivity index (χ4v) is 1.23. The van der Waals surface area contributed by atoms with E-state index in [0.29, 0.717) is 25.8 Å². The van der Waals surface area contributed by atoms with Crippen LogP contribution in [0.25, 0.3) is 0 Å². The van der Waals surface area contributed by atoms with Gasteiger partial charge >= 0.3 is 0 Å². The zero-order valence-electron chi connectivity index (χ0n) is 9.77. The van der Waals surface area contributed by atoms with Gasteiger partial charge in [-0.25, -0.2) is 0 Å². The zero-order chi connectivity index (χ0) is 11.5. The van der Waals surface area contributed by atoms with Gasteiger partial charge in [0.2, 0.25) is 11.8 Å². The Bertz CT molecular complexity index is 193. The first kappa shape index (κ1) is 13.9. The van der Waals surface area contributed by atoms with Crippen LogP contribution >= 0.6 is 0 Å². The third-order valence-electron chi connectivity index (χ3n) is 2.19. The third-order valence-corrected chi connectivity index (χ3v) is 2.19. The number of carbonyl (C=O) groups is 2. The molecule has 0 aliphatic rings. The van der Waals surface area contributed by atoms with Gasteiger partial charge in [-0.3, -0.25) is 9.59 Å². The lowest BCUT2D eigenvalue weighted by atomic mass is 10.2. The molecule has 4 nitrogen and oxygen atoms in total. The van der Waals surface area contributed by atoms with Crippen molar-refractivity contribution in [3.63, 3.8) is 0 Å². The predicted octanol–water partition coefficient (Wildman–Crippen LogP) is 1.21. The molecule has 0 heterocycles. The molecule has 0 aliphatic heterocycles. The number of hydrogen-bond donors (Lipinski definition) is 2. The summed E-state index contributed by atoms with van der Waals surface area (Å²) in [6, 6.07) is 0. The summed E-state index contributed by atoms with van der Waals surface area (Å²) in [7, 11) is 1.62. The van der Waals surface area contributed by atoms with Crippen LogP contribution in [0.3, 0.4) is 0 Å². The summed E-state index contributed by atoms with van der Waals surface area (Å²) in [6.45, 7) is 2.71. The van der Waals surface area contributed by atoms with E-state index in [-0.39, 0.29) is 11.8 Å². The van der Waals surface area contributed by atoms with Gasteiger partial charge in [-0.1, -0.05) is 19.8 Å². The minimum atomic E-state index is 0.0234. The van der Waals surface area contributed by atoms with Gasteiger partial charge < -0.3 is 10.6 Å². The van der Waals surface area contributed by atoms with Crippen molar-refractivity contribution in [1.29, 1.82) is 0 Å². The molecule has 0 spiro atoms. The molecule has 0 saturated carbocycles. The van der Waals surface area contributed by atoms with E-state index in [4.69, 9.17) is 0 Å². The second kappa shape index (κ2) is 9.49. The molecule has 88 valence electrons. The first-order valence-corrected chi connectivity index (χ1v) is 5.68. The molecule has 0 aromatic heterocycles. The van der Waals surface area contributed by atoms with Crippen molar-refractivity contribution in [2.45, 2.75) is 45.4 Å². The average molecular weight is 214 g/mol. The number of rotatable bonds is 8. The van der Waals surface area contributed by atoms with Crippen molar-refractivity contribution < 1.29 is 9.59 Å². The average Bonchev–Trinajstić information content (AvgIpc) is 2.24. The van der Waals surface area contributed by atoms with Crippen LogP contribution in [-0.4, -0.2) is 25.4 Å². The van der Waals surface area contributed by atoms with Gasteiger partial charge in [-0.15, -0.1) is 0 Å². The summed E-state index contributed by atoms with van der Waals surface area (Å²) in [6.07, 6.45) is 4.98. The van der Waals surface area contributed by atoms with E-state index in [0.717, 1.165) is 19.3 Å². The first-order valence-electron chi connectivity index (χ1n) is 5.68. The molecule has 0 saturated heterocycles. The van der Waals surface area contributed by atoms with Gasteiger partial charge in [0.05, 0.1) is 0 Å². The Labute approximate surface area is 91.8 Å². The topological polar surface area (TPSA) is 58.2 Å². The van der Waals surface area contributed by atoms with Crippen LogP contribution in [0.4, 0.5) is 0 Å². The van der Waals surface area contributed by atoms with Crippen LogP contribution in [0.2, 0.25) is 0 Å². The number of carbonyl (C=O) groups excluding carboxylic acids is 2. The minimum Gasteiger partial charge on any atom is -0.359 e. The molecule has 0 bridgehead atoms. The second-order valence-electron chi connectivity index (χ2n) is 3.58. The number of hydrogen-bond acceptors (Lipinski definition) is 2. The lowest BCUT2D eigenvalue weighted by Gasteiger charge is -2.04. The van der Waals surface area contributed by atoms with Crippen molar-refractivity contribution in [2.24, 2.45) is 0 Å². The summed E-state index contributed by atoms with van der Waals surface area (Å²) < 4.78 is 0. The maximum Gasteiger partial charge on any atom is 0.219 e. The van der Waals surface area contributed by atoms with Crippen LogP contribution in [0, 0.1) is 0 Å². The highest BCUT2D eigenvalue weighted by Gasteiger charge is 2.01. The fraction of sp³-hybridized carbons (Fsp3) is 0.818. The van der Waals surface area contributed by atoms with Crippen molar-refractivity contribution in [2.75, 3.05) is 13.6 Å². The van der Waals surface area contributed by atoms with E-state index in [1.54, 1.807) is 7.05 Å². The highest BCUT2D eigenvalue weighted by molar-refractivity contribution is 5.76. The SMILES string of the molecule is CCCCCC(=O)NCCCC(=O)NC. The number of unbranched alkanes of at least 4 members (excludes halogenated alkanes) is 2. The smallest absolute Gasteiger partial charge is 0.219 e. The van der Waals surface area contributed by atoms with E-state index in [9.17, 15) is 9.59 Å². The van der Waals surface area contributed by atoms with E-state index in [1.165, 1.54) is 0 Å². The molecular weight excluding hydrogens is 192 g/mol. The monoisotopic (exact) mass is 214 g/mol. The summed E-state index contributed by atoms with van der Waals surface area (Å²) >= 11 is 0. The molecule has 0 unspecified atom stereocenters. The Balaban J connectivity index is 3.27. The van der Waals surface area contributed by atoms with Crippen molar-refractivity contribution >= 4 is 11.8 Å². The highest BCUT2D eigenvalue weighted by Crippen LogP contribution is 1.98. The van der Waals surface area contributed by atoms with E-state index in [2.05, 4.69) is 17.6 Å². The highest BCUT2D eigenvalue weighted by atomic mass is 16.2. The van der Waals surface area contributed by atoms with Crippen molar-refractivity contribution in [3.8, 4) is 0 Å². The van der Waals surface area contributed by atoms with Gasteiger partial charge in [-0.05, 0) is 12.8 Å². The molecule has 0 aromatic carbocycles. The largest absolute Gasteiger partial charge is 0.359 e.